The minimum Gasteiger partial charge on any atom is -0.369 e. The van der Waals surface area contributed by atoms with Gasteiger partial charge in [-0.15, -0.1) is 0 Å². The van der Waals surface area contributed by atoms with E-state index in [1.807, 2.05) is 6.07 Å². The molecule has 90 valence electrons. The molecule has 0 bridgehead atoms. The summed E-state index contributed by atoms with van der Waals surface area (Å²) in [5.41, 5.74) is 0. The number of nitrogens with zero attached hydrogens (tertiary/aromatic N) is 3. The molecule has 0 spiro atoms. The second kappa shape index (κ2) is 5.97. The van der Waals surface area contributed by atoms with E-state index in [1.54, 1.807) is 6.20 Å². The van der Waals surface area contributed by atoms with Gasteiger partial charge in [-0.1, -0.05) is 25.7 Å². The van der Waals surface area contributed by atoms with Crippen LogP contribution in [0.2, 0.25) is 0 Å². The van der Waals surface area contributed by atoms with Crippen molar-refractivity contribution in [2.24, 2.45) is 5.92 Å². The fourth-order valence-electron chi connectivity index (χ4n) is 2.24. The number of nitrogens with one attached hydrogen (secondary N) is 1. The molecule has 0 amide bonds. The van der Waals surface area contributed by atoms with Crippen LogP contribution in [0.3, 0.4) is 0 Å². The Morgan fingerprint density at radius 3 is 2.94 bits per heavy atom. The first-order valence-electron chi connectivity index (χ1n) is 5.96. The molecule has 4 nitrogen and oxygen atoms in total. The van der Waals surface area contributed by atoms with Crippen LogP contribution in [-0.4, -0.2) is 16.5 Å². The zero-order valence-corrected chi connectivity index (χ0v) is 11.2. The zero-order chi connectivity index (χ0) is 12.1. The Morgan fingerprint density at radius 2 is 2.24 bits per heavy atom. The highest BCUT2D eigenvalue weighted by Crippen LogP contribution is 2.27. The van der Waals surface area contributed by atoms with Crippen LogP contribution in [0.1, 0.15) is 37.9 Å². The molecule has 1 aliphatic carbocycles. The Morgan fingerprint density at radius 1 is 1.47 bits per heavy atom. The molecule has 1 aromatic rings. The van der Waals surface area contributed by atoms with Crippen molar-refractivity contribution in [3.05, 3.63) is 16.5 Å². The van der Waals surface area contributed by atoms with E-state index < -0.39 is 0 Å². The SMILES string of the molecule is N#Cc1ncc(Br)c(NCCC2CCCC2)n1. The van der Waals surface area contributed by atoms with Crippen molar-refractivity contribution in [1.29, 1.82) is 5.26 Å². The molecule has 17 heavy (non-hydrogen) atoms. The summed E-state index contributed by atoms with van der Waals surface area (Å²) >= 11 is 3.38. The summed E-state index contributed by atoms with van der Waals surface area (Å²) in [5.74, 6) is 1.78. The molecule has 1 aliphatic rings. The quantitative estimate of drug-likeness (QED) is 0.927. The highest BCUT2D eigenvalue weighted by molar-refractivity contribution is 9.10. The van der Waals surface area contributed by atoms with Crippen LogP contribution in [0.15, 0.2) is 10.7 Å². The zero-order valence-electron chi connectivity index (χ0n) is 9.62. The third-order valence-corrected chi connectivity index (χ3v) is 3.74. The molecule has 1 N–H and O–H groups in total. The van der Waals surface area contributed by atoms with E-state index in [1.165, 1.54) is 32.1 Å². The van der Waals surface area contributed by atoms with Crippen LogP contribution < -0.4 is 5.32 Å². The Kier molecular flexibility index (Phi) is 4.32. The highest BCUT2D eigenvalue weighted by Gasteiger charge is 2.14. The van der Waals surface area contributed by atoms with Gasteiger partial charge in [0.05, 0.1) is 4.47 Å². The van der Waals surface area contributed by atoms with E-state index in [-0.39, 0.29) is 5.82 Å². The average Bonchev–Trinajstić information content (AvgIpc) is 2.84. The Hall–Kier alpha value is -1.15. The Bertz CT molecular complexity index is 421. The first-order chi connectivity index (χ1) is 8.29. The maximum Gasteiger partial charge on any atom is 0.234 e. The van der Waals surface area contributed by atoms with Crippen molar-refractivity contribution in [3.63, 3.8) is 0 Å². The normalized spacial score (nSPS) is 15.8. The summed E-state index contributed by atoms with van der Waals surface area (Å²) in [6.45, 7) is 0.908. The molecule has 1 saturated carbocycles. The van der Waals surface area contributed by atoms with Gasteiger partial charge in [0.2, 0.25) is 5.82 Å². The first kappa shape index (κ1) is 12.3. The molecular formula is C12H15BrN4. The summed E-state index contributed by atoms with van der Waals surface area (Å²) in [6, 6.07) is 1.94. The van der Waals surface area contributed by atoms with Crippen LogP contribution in [0.5, 0.6) is 0 Å². The van der Waals surface area contributed by atoms with E-state index in [2.05, 4.69) is 31.2 Å². The lowest BCUT2D eigenvalue weighted by Crippen LogP contribution is -2.09. The van der Waals surface area contributed by atoms with Gasteiger partial charge in [0.1, 0.15) is 11.9 Å². The fourth-order valence-corrected chi connectivity index (χ4v) is 2.57. The van der Waals surface area contributed by atoms with Gasteiger partial charge < -0.3 is 5.32 Å². The molecular weight excluding hydrogens is 280 g/mol. The summed E-state index contributed by atoms with van der Waals surface area (Å²) in [6.07, 6.45) is 8.26. The van der Waals surface area contributed by atoms with Crippen molar-refractivity contribution in [2.75, 3.05) is 11.9 Å². The lowest BCUT2D eigenvalue weighted by atomic mass is 10.0. The molecule has 0 saturated heterocycles. The summed E-state index contributed by atoms with van der Waals surface area (Å²) in [5, 5.41) is 12.0. The van der Waals surface area contributed by atoms with E-state index in [0.717, 1.165) is 22.8 Å². The van der Waals surface area contributed by atoms with Crippen LogP contribution in [0.4, 0.5) is 5.82 Å². The molecule has 5 heteroatoms. The monoisotopic (exact) mass is 294 g/mol. The maximum absolute atomic E-state index is 8.73. The summed E-state index contributed by atoms with van der Waals surface area (Å²) in [4.78, 5) is 8.01. The lowest BCUT2D eigenvalue weighted by molar-refractivity contribution is 0.518. The third kappa shape index (κ3) is 3.40. The number of aromatic nitrogens is 2. The molecule has 0 radical (unpaired) electrons. The van der Waals surface area contributed by atoms with Crippen molar-refractivity contribution in [1.82, 2.24) is 9.97 Å². The molecule has 1 fully saturated rings. The number of hydrogen-bond donors (Lipinski definition) is 1. The fraction of sp³-hybridized carbons (Fsp3) is 0.583. The van der Waals surface area contributed by atoms with Crippen molar-refractivity contribution < 1.29 is 0 Å². The Labute approximate surface area is 110 Å². The predicted molar refractivity (Wildman–Crippen MR) is 69.5 cm³/mol. The smallest absolute Gasteiger partial charge is 0.234 e. The highest BCUT2D eigenvalue weighted by atomic mass is 79.9. The number of halogens is 1. The van der Waals surface area contributed by atoms with Gasteiger partial charge in [0.15, 0.2) is 0 Å². The van der Waals surface area contributed by atoms with E-state index in [4.69, 9.17) is 5.26 Å². The average molecular weight is 295 g/mol. The van der Waals surface area contributed by atoms with Gasteiger partial charge in [0.25, 0.3) is 0 Å². The summed E-state index contributed by atoms with van der Waals surface area (Å²) < 4.78 is 0.808. The summed E-state index contributed by atoms with van der Waals surface area (Å²) in [7, 11) is 0. The minimum atomic E-state index is 0.205. The van der Waals surface area contributed by atoms with Gasteiger partial charge >= 0.3 is 0 Å². The van der Waals surface area contributed by atoms with Crippen molar-refractivity contribution >= 4 is 21.7 Å². The van der Waals surface area contributed by atoms with Gasteiger partial charge in [-0.2, -0.15) is 5.26 Å². The van der Waals surface area contributed by atoms with Gasteiger partial charge in [-0.25, -0.2) is 9.97 Å². The minimum absolute atomic E-state index is 0.205. The second-order valence-electron chi connectivity index (χ2n) is 4.37. The van der Waals surface area contributed by atoms with Gasteiger partial charge in [-0.05, 0) is 28.3 Å². The molecule has 1 aromatic heterocycles. The van der Waals surface area contributed by atoms with Crippen LogP contribution in [-0.2, 0) is 0 Å². The number of rotatable bonds is 4. The van der Waals surface area contributed by atoms with Crippen molar-refractivity contribution in [2.45, 2.75) is 32.1 Å². The van der Waals surface area contributed by atoms with Gasteiger partial charge in [0, 0.05) is 12.7 Å². The number of nitriles is 1. The van der Waals surface area contributed by atoms with E-state index in [9.17, 15) is 0 Å². The maximum atomic E-state index is 8.73. The molecule has 0 unspecified atom stereocenters. The first-order valence-corrected chi connectivity index (χ1v) is 6.75. The standard InChI is InChI=1S/C12H15BrN4/c13-10-8-16-11(7-14)17-12(10)15-6-5-9-3-1-2-4-9/h8-9H,1-6H2,(H,15,16,17). The predicted octanol–water partition coefficient (Wildman–Crippen LogP) is 3.10. The molecule has 0 aromatic carbocycles. The van der Waals surface area contributed by atoms with Crippen LogP contribution >= 0.6 is 15.9 Å². The van der Waals surface area contributed by atoms with Crippen LogP contribution in [0.25, 0.3) is 0 Å². The molecule has 0 atom stereocenters. The third-order valence-electron chi connectivity index (χ3n) is 3.16. The Balaban J connectivity index is 1.87. The molecule has 0 aliphatic heterocycles. The number of hydrogen-bond acceptors (Lipinski definition) is 4. The largest absolute Gasteiger partial charge is 0.369 e. The van der Waals surface area contributed by atoms with E-state index >= 15 is 0 Å². The lowest BCUT2D eigenvalue weighted by Gasteiger charge is -2.11. The van der Waals surface area contributed by atoms with Crippen LogP contribution in [0, 0.1) is 17.2 Å². The molecule has 1 heterocycles. The topological polar surface area (TPSA) is 61.6 Å². The van der Waals surface area contributed by atoms with Gasteiger partial charge in [-0.3, -0.25) is 0 Å². The van der Waals surface area contributed by atoms with Crippen molar-refractivity contribution in [3.8, 4) is 6.07 Å². The number of anilines is 1. The molecule has 2 rings (SSSR count). The van der Waals surface area contributed by atoms with E-state index in [0.29, 0.717) is 0 Å². The second-order valence-corrected chi connectivity index (χ2v) is 5.22.